The molecule has 8 heteroatoms. The van der Waals surface area contributed by atoms with Gasteiger partial charge in [0.05, 0.1) is 6.54 Å². The number of nitrogens with zero attached hydrogens (tertiary/aromatic N) is 2. The predicted molar refractivity (Wildman–Crippen MR) is 86.6 cm³/mol. The van der Waals surface area contributed by atoms with Gasteiger partial charge in [-0.3, -0.25) is 4.90 Å². The maximum atomic E-state index is 12.6. The molecule has 0 saturated heterocycles. The number of halogens is 1. The van der Waals surface area contributed by atoms with Crippen molar-refractivity contribution in [1.29, 1.82) is 0 Å². The first-order valence-corrected chi connectivity index (χ1v) is 8.96. The Morgan fingerprint density at radius 1 is 1.36 bits per heavy atom. The summed E-state index contributed by atoms with van der Waals surface area (Å²) in [6.45, 7) is 5.44. The van der Waals surface area contributed by atoms with E-state index in [1.54, 1.807) is 32.9 Å². The number of ether oxygens (including phenoxy) is 1. The quantitative estimate of drug-likeness (QED) is 0.727. The molecule has 1 aliphatic rings. The summed E-state index contributed by atoms with van der Waals surface area (Å²) in [6, 6.07) is 7.11. The minimum absolute atomic E-state index is 0.204. The fraction of sp³-hybridized carbons (Fsp3) is 0.500. The molecule has 0 fully saturated rings. The summed E-state index contributed by atoms with van der Waals surface area (Å²) < 4.78 is 31.5. The number of benzene rings is 1. The van der Waals surface area contributed by atoms with E-state index in [4.69, 9.17) is 4.74 Å². The van der Waals surface area contributed by atoms with Crippen molar-refractivity contribution in [3.05, 3.63) is 35.4 Å². The SMILES string of the molecule is CN(Br)S(=O)(=O)C1c2ccccc2CN1C(=O)OC(C)(C)C. The predicted octanol–water partition coefficient (Wildman–Crippen LogP) is 3.01. The van der Waals surface area contributed by atoms with Crippen LogP contribution in [0.3, 0.4) is 0 Å². The fourth-order valence-electron chi connectivity index (χ4n) is 2.29. The number of hydrogen-bond acceptors (Lipinski definition) is 4. The number of sulfonamides is 1. The lowest BCUT2D eigenvalue weighted by Gasteiger charge is -2.29. The zero-order valence-corrected chi connectivity index (χ0v) is 15.3. The van der Waals surface area contributed by atoms with Crippen LogP contribution in [0, 0.1) is 0 Å². The first kappa shape index (κ1) is 17.2. The molecule has 6 nitrogen and oxygen atoms in total. The summed E-state index contributed by atoms with van der Waals surface area (Å²) in [4.78, 5) is 13.7. The van der Waals surface area contributed by atoms with E-state index in [0.29, 0.717) is 5.56 Å². The van der Waals surface area contributed by atoms with Crippen molar-refractivity contribution in [2.24, 2.45) is 0 Å². The smallest absolute Gasteiger partial charge is 0.411 e. The highest BCUT2D eigenvalue weighted by Crippen LogP contribution is 2.40. The van der Waals surface area contributed by atoms with Gasteiger partial charge in [0.1, 0.15) is 5.60 Å². The molecule has 0 spiro atoms. The minimum Gasteiger partial charge on any atom is -0.444 e. The van der Waals surface area contributed by atoms with Gasteiger partial charge in [0.2, 0.25) is 10.0 Å². The highest BCUT2D eigenvalue weighted by atomic mass is 79.9. The molecule has 1 heterocycles. The summed E-state index contributed by atoms with van der Waals surface area (Å²) in [5.74, 6) is 0. The second-order valence-corrected chi connectivity index (χ2v) is 9.65. The molecule has 0 saturated carbocycles. The zero-order chi connectivity index (χ0) is 16.7. The molecule has 2 rings (SSSR count). The fourth-order valence-corrected chi connectivity index (χ4v) is 4.08. The number of fused-ring (bicyclic) bond motifs is 1. The van der Waals surface area contributed by atoms with Gasteiger partial charge >= 0.3 is 6.09 Å². The lowest BCUT2D eigenvalue weighted by atomic mass is 10.1. The Bertz CT molecular complexity index is 682. The molecule has 1 unspecified atom stereocenters. The molecule has 1 aliphatic heterocycles. The maximum Gasteiger partial charge on any atom is 0.411 e. The summed E-state index contributed by atoms with van der Waals surface area (Å²) >= 11 is 2.96. The molecule has 0 aliphatic carbocycles. The Kier molecular flexibility index (Phi) is 4.56. The summed E-state index contributed by atoms with van der Waals surface area (Å²) in [5.41, 5.74) is 0.705. The molecule has 1 amide bonds. The zero-order valence-electron chi connectivity index (χ0n) is 12.9. The van der Waals surface area contributed by atoms with Gasteiger partial charge in [0.15, 0.2) is 5.37 Å². The van der Waals surface area contributed by atoms with Gasteiger partial charge in [0.25, 0.3) is 0 Å². The minimum atomic E-state index is -3.76. The standard InChI is InChI=1S/C14H19BrN2O4S/c1-14(2,3)21-13(18)17-9-10-7-5-6-8-11(10)12(17)22(19,20)16(4)15/h5-8,12H,9H2,1-4H3. The summed E-state index contributed by atoms with van der Waals surface area (Å²) in [5, 5.41) is -1.09. The van der Waals surface area contributed by atoms with Gasteiger partial charge in [-0.05, 0) is 31.9 Å². The number of rotatable bonds is 2. The normalized spacial score (nSPS) is 18.5. The molecule has 122 valence electrons. The van der Waals surface area contributed by atoms with Gasteiger partial charge in [-0.25, -0.2) is 13.2 Å². The van der Waals surface area contributed by atoms with Crippen molar-refractivity contribution in [1.82, 2.24) is 8.23 Å². The first-order valence-electron chi connectivity index (χ1n) is 6.75. The molecule has 0 N–H and O–H groups in total. The van der Waals surface area contributed by atoms with E-state index in [2.05, 4.69) is 16.1 Å². The lowest BCUT2D eigenvalue weighted by Crippen LogP contribution is -2.40. The molecule has 1 aromatic carbocycles. The Labute approximate surface area is 139 Å². The second-order valence-electron chi connectivity index (χ2n) is 6.10. The van der Waals surface area contributed by atoms with Crippen molar-refractivity contribution >= 4 is 32.3 Å². The van der Waals surface area contributed by atoms with Gasteiger partial charge in [0, 0.05) is 23.2 Å². The van der Waals surface area contributed by atoms with E-state index in [1.807, 2.05) is 12.1 Å². The van der Waals surface area contributed by atoms with Crippen LogP contribution in [0.25, 0.3) is 0 Å². The van der Waals surface area contributed by atoms with E-state index in [-0.39, 0.29) is 6.54 Å². The van der Waals surface area contributed by atoms with Crippen LogP contribution in [-0.2, 0) is 21.3 Å². The number of carbonyl (C=O) groups excluding carboxylic acids is 1. The molecule has 0 radical (unpaired) electrons. The van der Waals surface area contributed by atoms with E-state index in [0.717, 1.165) is 8.89 Å². The first-order chi connectivity index (χ1) is 10.0. The third-order valence-electron chi connectivity index (χ3n) is 3.21. The van der Waals surface area contributed by atoms with Crippen LogP contribution in [0.5, 0.6) is 0 Å². The third-order valence-corrected chi connectivity index (χ3v) is 6.19. The molecular weight excluding hydrogens is 372 g/mol. The topological polar surface area (TPSA) is 66.9 Å². The molecule has 1 atom stereocenters. The molecule has 0 bridgehead atoms. The monoisotopic (exact) mass is 390 g/mol. The molecular formula is C14H19BrN2O4S. The average Bonchev–Trinajstić information content (AvgIpc) is 2.76. The number of amides is 1. The average molecular weight is 391 g/mol. The summed E-state index contributed by atoms with van der Waals surface area (Å²) in [6.07, 6.45) is -0.647. The highest BCUT2D eigenvalue weighted by Gasteiger charge is 2.45. The molecule has 0 aromatic heterocycles. The third kappa shape index (κ3) is 3.28. The molecule has 22 heavy (non-hydrogen) atoms. The number of hydrogen-bond donors (Lipinski definition) is 0. The Balaban J connectivity index is 2.45. The van der Waals surface area contributed by atoms with E-state index in [9.17, 15) is 13.2 Å². The highest BCUT2D eigenvalue weighted by molar-refractivity contribution is 9.08. The van der Waals surface area contributed by atoms with Crippen LogP contribution in [0.2, 0.25) is 0 Å². The Hall–Kier alpha value is -1.12. The summed E-state index contributed by atoms with van der Waals surface area (Å²) in [7, 11) is -2.39. The van der Waals surface area contributed by atoms with E-state index < -0.39 is 27.1 Å². The van der Waals surface area contributed by atoms with E-state index in [1.165, 1.54) is 11.9 Å². The van der Waals surface area contributed by atoms with Crippen molar-refractivity contribution in [3.63, 3.8) is 0 Å². The van der Waals surface area contributed by atoms with Crippen molar-refractivity contribution in [2.45, 2.75) is 38.3 Å². The van der Waals surface area contributed by atoms with Crippen LogP contribution in [-0.4, -0.2) is 35.4 Å². The second kappa shape index (κ2) is 5.82. The Morgan fingerprint density at radius 3 is 2.50 bits per heavy atom. The maximum absolute atomic E-state index is 12.6. The Morgan fingerprint density at radius 2 is 1.95 bits per heavy atom. The van der Waals surface area contributed by atoms with Crippen molar-refractivity contribution in [3.8, 4) is 0 Å². The van der Waals surface area contributed by atoms with Gasteiger partial charge < -0.3 is 4.74 Å². The van der Waals surface area contributed by atoms with Crippen molar-refractivity contribution < 1.29 is 17.9 Å². The van der Waals surface area contributed by atoms with Gasteiger partial charge in [-0.15, -0.1) is 3.33 Å². The largest absolute Gasteiger partial charge is 0.444 e. The van der Waals surface area contributed by atoms with Gasteiger partial charge in [-0.2, -0.15) is 0 Å². The van der Waals surface area contributed by atoms with Gasteiger partial charge in [-0.1, -0.05) is 24.3 Å². The van der Waals surface area contributed by atoms with Crippen LogP contribution >= 0.6 is 16.1 Å². The van der Waals surface area contributed by atoms with E-state index >= 15 is 0 Å². The van der Waals surface area contributed by atoms with Crippen LogP contribution in [0.4, 0.5) is 4.79 Å². The van der Waals surface area contributed by atoms with Crippen LogP contribution in [0.15, 0.2) is 24.3 Å². The lowest BCUT2D eigenvalue weighted by molar-refractivity contribution is 0.0226. The van der Waals surface area contributed by atoms with Crippen LogP contribution < -0.4 is 0 Å². The molecule has 1 aromatic rings. The van der Waals surface area contributed by atoms with Crippen LogP contribution in [0.1, 0.15) is 37.3 Å². The number of carbonyl (C=O) groups is 1. The van der Waals surface area contributed by atoms with Crippen molar-refractivity contribution in [2.75, 3.05) is 7.05 Å².